The van der Waals surface area contributed by atoms with E-state index in [9.17, 15) is 0 Å². The van der Waals surface area contributed by atoms with Gasteiger partial charge < -0.3 is 19.7 Å². The third kappa shape index (κ3) is 3.40. The topological polar surface area (TPSA) is 46.1 Å². The monoisotopic (exact) mass is 289 g/mol. The lowest BCUT2D eigenvalue weighted by Crippen LogP contribution is -2.39. The molecule has 1 saturated heterocycles. The molecule has 2 heterocycles. The summed E-state index contributed by atoms with van der Waals surface area (Å²) in [5.74, 6) is 2.68. The second-order valence-corrected chi connectivity index (χ2v) is 5.43. The number of benzene rings is 1. The smallest absolute Gasteiger partial charge is 0.193 e. The average Bonchev–Trinajstić information content (AvgIpc) is 2.93. The zero-order valence-corrected chi connectivity index (χ0v) is 12.6. The van der Waals surface area contributed by atoms with Crippen LogP contribution in [0.4, 0.5) is 0 Å². The molecule has 2 aliphatic heterocycles. The number of nitrogens with zero attached hydrogens (tertiary/aromatic N) is 2. The average molecular weight is 289 g/mol. The van der Waals surface area contributed by atoms with E-state index < -0.39 is 0 Å². The van der Waals surface area contributed by atoms with Gasteiger partial charge in [-0.2, -0.15) is 0 Å². The van der Waals surface area contributed by atoms with Gasteiger partial charge in [-0.15, -0.1) is 0 Å². The minimum Gasteiger partial charge on any atom is -0.490 e. The lowest BCUT2D eigenvalue weighted by molar-refractivity contribution is 0.297. The number of aliphatic imine (C=N–C) groups is 1. The maximum atomic E-state index is 5.73. The molecule has 0 aromatic heterocycles. The van der Waals surface area contributed by atoms with Crippen molar-refractivity contribution in [1.29, 1.82) is 0 Å². The number of hydrogen-bond donors (Lipinski definition) is 1. The van der Waals surface area contributed by atoms with Crippen LogP contribution in [-0.4, -0.2) is 44.2 Å². The molecule has 0 spiro atoms. The van der Waals surface area contributed by atoms with E-state index in [4.69, 9.17) is 9.47 Å². The van der Waals surface area contributed by atoms with Gasteiger partial charge in [-0.05, 0) is 30.5 Å². The number of fused-ring (bicyclic) bond motifs is 1. The first-order valence-corrected chi connectivity index (χ1v) is 7.71. The van der Waals surface area contributed by atoms with Crippen molar-refractivity contribution in [3.8, 4) is 11.5 Å². The van der Waals surface area contributed by atoms with Crippen LogP contribution < -0.4 is 14.8 Å². The fourth-order valence-corrected chi connectivity index (χ4v) is 2.76. The van der Waals surface area contributed by atoms with E-state index >= 15 is 0 Å². The number of rotatable bonds is 2. The van der Waals surface area contributed by atoms with E-state index in [1.165, 1.54) is 18.4 Å². The highest BCUT2D eigenvalue weighted by Gasteiger charge is 2.16. The van der Waals surface area contributed by atoms with Gasteiger partial charge in [0.2, 0.25) is 0 Å². The van der Waals surface area contributed by atoms with E-state index in [0.717, 1.165) is 56.7 Å². The van der Waals surface area contributed by atoms with Gasteiger partial charge >= 0.3 is 0 Å². The number of ether oxygens (including phenoxy) is 2. The van der Waals surface area contributed by atoms with Gasteiger partial charge in [-0.25, -0.2) is 0 Å². The number of hydrogen-bond acceptors (Lipinski definition) is 3. The highest BCUT2D eigenvalue weighted by Crippen LogP contribution is 2.30. The van der Waals surface area contributed by atoms with E-state index in [-0.39, 0.29) is 0 Å². The predicted octanol–water partition coefficient (Wildman–Crippen LogP) is 2.02. The first kappa shape index (κ1) is 14.0. The number of likely N-dealkylation sites (tertiary alicyclic amines) is 1. The predicted molar refractivity (Wildman–Crippen MR) is 83.1 cm³/mol. The van der Waals surface area contributed by atoms with Crippen molar-refractivity contribution in [3.05, 3.63) is 23.8 Å². The van der Waals surface area contributed by atoms with Gasteiger partial charge in [0.15, 0.2) is 17.5 Å². The summed E-state index contributed by atoms with van der Waals surface area (Å²) in [6.07, 6.45) is 3.44. The van der Waals surface area contributed by atoms with Crippen molar-refractivity contribution in [2.45, 2.75) is 25.8 Å². The maximum absolute atomic E-state index is 5.73. The van der Waals surface area contributed by atoms with Gasteiger partial charge in [-0.3, -0.25) is 4.99 Å². The minimum absolute atomic E-state index is 0.722. The SMILES string of the molecule is CN=C(NCc1ccc2c(c1)OCCCO2)N1CCCC1. The minimum atomic E-state index is 0.722. The molecule has 5 heteroatoms. The summed E-state index contributed by atoms with van der Waals surface area (Å²) in [6.45, 7) is 4.40. The molecule has 1 aromatic rings. The zero-order chi connectivity index (χ0) is 14.5. The zero-order valence-electron chi connectivity index (χ0n) is 12.6. The van der Waals surface area contributed by atoms with E-state index in [0.29, 0.717) is 0 Å². The summed E-state index contributed by atoms with van der Waals surface area (Å²) in [5.41, 5.74) is 1.18. The molecule has 0 atom stereocenters. The summed E-state index contributed by atoms with van der Waals surface area (Å²) in [4.78, 5) is 6.67. The maximum Gasteiger partial charge on any atom is 0.193 e. The van der Waals surface area contributed by atoms with Gasteiger partial charge in [0, 0.05) is 33.1 Å². The van der Waals surface area contributed by atoms with Crippen molar-refractivity contribution in [1.82, 2.24) is 10.2 Å². The Balaban J connectivity index is 1.63. The van der Waals surface area contributed by atoms with Gasteiger partial charge in [0.1, 0.15) is 0 Å². The number of nitrogens with one attached hydrogen (secondary N) is 1. The molecule has 1 N–H and O–H groups in total. The lowest BCUT2D eigenvalue weighted by atomic mass is 10.2. The molecule has 3 rings (SSSR count). The molecule has 2 aliphatic rings. The Morgan fingerprint density at radius 3 is 2.67 bits per heavy atom. The molecular formula is C16H23N3O2. The summed E-state index contributed by atoms with van der Waals surface area (Å²) in [6, 6.07) is 6.14. The van der Waals surface area contributed by atoms with Gasteiger partial charge in [0.25, 0.3) is 0 Å². The van der Waals surface area contributed by atoms with E-state index in [1.54, 1.807) is 0 Å². The first-order chi connectivity index (χ1) is 10.4. The van der Waals surface area contributed by atoms with Crippen LogP contribution in [0.5, 0.6) is 11.5 Å². The van der Waals surface area contributed by atoms with Crippen LogP contribution in [0.15, 0.2) is 23.2 Å². The second-order valence-electron chi connectivity index (χ2n) is 5.43. The van der Waals surface area contributed by atoms with Crippen LogP contribution in [0, 0.1) is 0 Å². The molecule has 0 unspecified atom stereocenters. The molecule has 0 radical (unpaired) electrons. The molecule has 1 fully saturated rings. The third-order valence-corrected chi connectivity index (χ3v) is 3.88. The molecule has 0 bridgehead atoms. The standard InChI is InChI=1S/C16H23N3O2/c1-17-16(19-7-2-3-8-19)18-12-13-5-6-14-15(11-13)21-10-4-9-20-14/h5-6,11H,2-4,7-10,12H2,1H3,(H,17,18). The highest BCUT2D eigenvalue weighted by molar-refractivity contribution is 5.80. The number of guanidine groups is 1. The summed E-state index contributed by atoms with van der Waals surface area (Å²) in [7, 11) is 1.84. The fraction of sp³-hybridized carbons (Fsp3) is 0.562. The third-order valence-electron chi connectivity index (χ3n) is 3.88. The van der Waals surface area contributed by atoms with Crippen molar-refractivity contribution < 1.29 is 9.47 Å². The quantitative estimate of drug-likeness (QED) is 0.668. The Bertz CT molecular complexity index is 510. The lowest BCUT2D eigenvalue weighted by Gasteiger charge is -2.21. The van der Waals surface area contributed by atoms with Crippen LogP contribution in [-0.2, 0) is 6.54 Å². The molecule has 114 valence electrons. The Hall–Kier alpha value is -1.91. The van der Waals surface area contributed by atoms with Crippen LogP contribution in [0.2, 0.25) is 0 Å². The molecule has 0 amide bonds. The Labute approximate surface area is 126 Å². The largest absolute Gasteiger partial charge is 0.490 e. The summed E-state index contributed by atoms with van der Waals surface area (Å²) >= 11 is 0. The Morgan fingerprint density at radius 1 is 1.14 bits per heavy atom. The molecule has 21 heavy (non-hydrogen) atoms. The van der Waals surface area contributed by atoms with Gasteiger partial charge in [-0.1, -0.05) is 6.07 Å². The highest BCUT2D eigenvalue weighted by atomic mass is 16.5. The van der Waals surface area contributed by atoms with Crippen molar-refractivity contribution in [2.24, 2.45) is 4.99 Å². The van der Waals surface area contributed by atoms with Crippen molar-refractivity contribution >= 4 is 5.96 Å². The van der Waals surface area contributed by atoms with E-state index in [2.05, 4.69) is 27.3 Å². The van der Waals surface area contributed by atoms with Crippen LogP contribution in [0.1, 0.15) is 24.8 Å². The molecule has 5 nitrogen and oxygen atoms in total. The van der Waals surface area contributed by atoms with Crippen LogP contribution >= 0.6 is 0 Å². The van der Waals surface area contributed by atoms with Crippen LogP contribution in [0.25, 0.3) is 0 Å². The first-order valence-electron chi connectivity index (χ1n) is 7.71. The Kier molecular flexibility index (Phi) is 4.48. The molecule has 1 aromatic carbocycles. The molecule has 0 saturated carbocycles. The fourth-order valence-electron chi connectivity index (χ4n) is 2.76. The van der Waals surface area contributed by atoms with Crippen molar-refractivity contribution in [3.63, 3.8) is 0 Å². The second kappa shape index (κ2) is 6.70. The molecular weight excluding hydrogens is 266 g/mol. The summed E-state index contributed by atoms with van der Waals surface area (Å²) in [5, 5.41) is 3.43. The van der Waals surface area contributed by atoms with E-state index in [1.807, 2.05) is 13.1 Å². The Morgan fingerprint density at radius 2 is 1.90 bits per heavy atom. The molecule has 0 aliphatic carbocycles. The van der Waals surface area contributed by atoms with Gasteiger partial charge in [0.05, 0.1) is 13.2 Å². The van der Waals surface area contributed by atoms with Crippen molar-refractivity contribution in [2.75, 3.05) is 33.4 Å². The summed E-state index contributed by atoms with van der Waals surface area (Å²) < 4.78 is 11.4. The van der Waals surface area contributed by atoms with Crippen LogP contribution in [0.3, 0.4) is 0 Å². The normalized spacial score (nSPS) is 18.5.